The highest BCUT2D eigenvalue weighted by atomic mass is 32.2. The van der Waals surface area contributed by atoms with Gasteiger partial charge in [-0.3, -0.25) is 16.0 Å². The molecule has 0 unspecified atom stereocenters. The molecular weight excluding hydrogens is 296 g/mol. The number of anilines is 1. The van der Waals surface area contributed by atoms with Crippen LogP contribution >= 0.6 is 0 Å². The van der Waals surface area contributed by atoms with E-state index in [2.05, 4.69) is 5.43 Å². The highest BCUT2D eigenvalue weighted by Crippen LogP contribution is 2.29. The summed E-state index contributed by atoms with van der Waals surface area (Å²) in [6.45, 7) is 6.04. The van der Waals surface area contributed by atoms with E-state index in [1.165, 1.54) is 17.4 Å². The highest BCUT2D eigenvalue weighted by molar-refractivity contribution is 7.89. The molecule has 1 aromatic carbocycles. The van der Waals surface area contributed by atoms with E-state index < -0.39 is 14.9 Å². The molecule has 0 fully saturated rings. The third-order valence-electron chi connectivity index (χ3n) is 2.71. The fraction of sp³-hybridized carbons (Fsp3) is 0.500. The lowest BCUT2D eigenvalue weighted by Crippen LogP contribution is -2.35. The van der Waals surface area contributed by atoms with Crippen molar-refractivity contribution in [3.63, 3.8) is 0 Å². The second-order valence-electron chi connectivity index (χ2n) is 5.90. The van der Waals surface area contributed by atoms with Gasteiger partial charge in [-0.2, -0.15) is 0 Å². The summed E-state index contributed by atoms with van der Waals surface area (Å²) in [5.74, 6) is 5.29. The van der Waals surface area contributed by atoms with Crippen molar-refractivity contribution >= 4 is 21.4 Å². The van der Waals surface area contributed by atoms with Gasteiger partial charge in [0.05, 0.1) is 10.6 Å². The molecule has 1 aromatic rings. The standard InChI is InChI=1S/C12H20N4O4S/c1-12(2,3)8-15(4)21(19,20)11-6-5-9(16(17)18)7-10(11)14-13/h5-7,14H,8,13H2,1-4H3. The SMILES string of the molecule is CN(CC(C)(C)C)S(=O)(=O)c1ccc([N+](=O)[O-])cc1NN. The molecule has 118 valence electrons. The number of nitrogen functional groups attached to an aromatic ring is 1. The molecule has 21 heavy (non-hydrogen) atoms. The molecule has 0 aliphatic carbocycles. The van der Waals surface area contributed by atoms with E-state index in [1.54, 1.807) is 0 Å². The van der Waals surface area contributed by atoms with E-state index >= 15 is 0 Å². The van der Waals surface area contributed by atoms with E-state index in [9.17, 15) is 18.5 Å². The molecule has 0 spiro atoms. The maximum atomic E-state index is 12.5. The molecule has 0 radical (unpaired) electrons. The first-order chi connectivity index (χ1) is 9.49. The Hall–Kier alpha value is -1.71. The summed E-state index contributed by atoms with van der Waals surface area (Å²) < 4.78 is 26.3. The zero-order valence-corrected chi connectivity index (χ0v) is 13.3. The van der Waals surface area contributed by atoms with Gasteiger partial charge in [0, 0.05) is 25.7 Å². The largest absolute Gasteiger partial charge is 0.323 e. The lowest BCUT2D eigenvalue weighted by Gasteiger charge is -2.26. The van der Waals surface area contributed by atoms with Crippen LogP contribution in [-0.2, 0) is 10.0 Å². The van der Waals surface area contributed by atoms with Gasteiger partial charge in [-0.05, 0) is 11.5 Å². The maximum Gasteiger partial charge on any atom is 0.271 e. The number of rotatable bonds is 5. The minimum Gasteiger partial charge on any atom is -0.323 e. The molecule has 0 aromatic heterocycles. The van der Waals surface area contributed by atoms with Crippen molar-refractivity contribution in [2.75, 3.05) is 19.0 Å². The minimum atomic E-state index is -3.79. The van der Waals surface area contributed by atoms with E-state index in [1.807, 2.05) is 20.8 Å². The predicted molar refractivity (Wildman–Crippen MR) is 80.2 cm³/mol. The Morgan fingerprint density at radius 2 is 1.95 bits per heavy atom. The van der Waals surface area contributed by atoms with Crippen LogP contribution in [0.2, 0.25) is 0 Å². The van der Waals surface area contributed by atoms with Crippen molar-refractivity contribution in [2.45, 2.75) is 25.7 Å². The maximum absolute atomic E-state index is 12.5. The van der Waals surface area contributed by atoms with Gasteiger partial charge in [0.1, 0.15) is 4.90 Å². The topological polar surface area (TPSA) is 119 Å². The van der Waals surface area contributed by atoms with Crippen LogP contribution < -0.4 is 11.3 Å². The first kappa shape index (κ1) is 17.3. The summed E-state index contributed by atoms with van der Waals surface area (Å²) in [5, 5.41) is 10.7. The number of nitrogens with zero attached hydrogens (tertiary/aromatic N) is 2. The second-order valence-corrected chi connectivity index (χ2v) is 7.92. The average Bonchev–Trinajstić information content (AvgIpc) is 2.35. The van der Waals surface area contributed by atoms with Crippen LogP contribution in [0.5, 0.6) is 0 Å². The Kier molecular flexibility index (Phi) is 4.92. The smallest absolute Gasteiger partial charge is 0.271 e. The molecule has 0 bridgehead atoms. The Morgan fingerprint density at radius 1 is 1.38 bits per heavy atom. The van der Waals surface area contributed by atoms with E-state index in [0.717, 1.165) is 12.1 Å². The Balaban J connectivity index is 3.28. The first-order valence-electron chi connectivity index (χ1n) is 6.20. The molecule has 1 rings (SSSR count). The van der Waals surface area contributed by atoms with Gasteiger partial charge in [-0.15, -0.1) is 0 Å². The van der Waals surface area contributed by atoms with Gasteiger partial charge >= 0.3 is 0 Å². The van der Waals surface area contributed by atoms with Gasteiger partial charge in [-0.25, -0.2) is 12.7 Å². The van der Waals surface area contributed by atoms with Crippen molar-refractivity contribution in [3.8, 4) is 0 Å². The lowest BCUT2D eigenvalue weighted by molar-refractivity contribution is -0.384. The summed E-state index contributed by atoms with van der Waals surface area (Å²) in [6, 6.07) is 3.41. The molecular formula is C12H20N4O4S. The molecule has 0 atom stereocenters. The zero-order chi connectivity index (χ0) is 16.4. The number of nitrogens with one attached hydrogen (secondary N) is 1. The predicted octanol–water partition coefficient (Wildman–Crippen LogP) is 1.55. The van der Waals surface area contributed by atoms with Gasteiger partial charge in [-0.1, -0.05) is 20.8 Å². The number of nitro groups is 1. The summed E-state index contributed by atoms with van der Waals surface area (Å²) in [4.78, 5) is 10.0. The van der Waals surface area contributed by atoms with Crippen LogP contribution in [0.25, 0.3) is 0 Å². The first-order valence-corrected chi connectivity index (χ1v) is 7.64. The number of hydrogen-bond acceptors (Lipinski definition) is 6. The molecule has 0 aliphatic rings. The number of nitrogens with two attached hydrogens (primary N) is 1. The highest BCUT2D eigenvalue weighted by Gasteiger charge is 2.28. The van der Waals surface area contributed by atoms with Crippen molar-refractivity contribution in [1.29, 1.82) is 0 Å². The molecule has 0 saturated heterocycles. The third-order valence-corrected chi connectivity index (χ3v) is 4.58. The number of hydrazine groups is 1. The number of benzene rings is 1. The monoisotopic (exact) mass is 316 g/mol. The van der Waals surface area contributed by atoms with Crippen molar-refractivity contribution in [2.24, 2.45) is 11.3 Å². The van der Waals surface area contributed by atoms with Crippen molar-refractivity contribution < 1.29 is 13.3 Å². The van der Waals surface area contributed by atoms with Crippen LogP contribution in [0.1, 0.15) is 20.8 Å². The quantitative estimate of drug-likeness (QED) is 0.483. The van der Waals surface area contributed by atoms with Gasteiger partial charge in [0.15, 0.2) is 0 Å². The molecule has 3 N–H and O–H groups in total. The lowest BCUT2D eigenvalue weighted by atomic mass is 9.97. The fourth-order valence-electron chi connectivity index (χ4n) is 1.89. The Labute approximate surface area is 124 Å². The van der Waals surface area contributed by atoms with Crippen molar-refractivity contribution in [1.82, 2.24) is 4.31 Å². The summed E-state index contributed by atoms with van der Waals surface area (Å²) in [7, 11) is -2.33. The second kappa shape index (κ2) is 5.96. The minimum absolute atomic E-state index is 0.00930. The molecule has 0 aliphatic heterocycles. The van der Waals surface area contributed by atoms with Gasteiger partial charge in [0.25, 0.3) is 5.69 Å². The molecule has 0 saturated carbocycles. The Morgan fingerprint density at radius 3 is 2.38 bits per heavy atom. The third kappa shape index (κ3) is 4.13. The zero-order valence-electron chi connectivity index (χ0n) is 12.5. The van der Waals surface area contributed by atoms with Crippen molar-refractivity contribution in [3.05, 3.63) is 28.3 Å². The summed E-state index contributed by atoms with van der Waals surface area (Å²) in [6.07, 6.45) is 0. The van der Waals surface area contributed by atoms with Crippen LogP contribution in [-0.4, -0.2) is 31.2 Å². The normalized spacial score (nSPS) is 12.5. The van der Waals surface area contributed by atoms with Gasteiger partial charge < -0.3 is 5.43 Å². The number of hydrogen-bond donors (Lipinski definition) is 2. The molecule has 0 amide bonds. The summed E-state index contributed by atoms with van der Waals surface area (Å²) in [5.41, 5.74) is 1.74. The molecule has 8 nitrogen and oxygen atoms in total. The van der Waals surface area contributed by atoms with Gasteiger partial charge in [0.2, 0.25) is 10.0 Å². The summed E-state index contributed by atoms with van der Waals surface area (Å²) >= 11 is 0. The number of non-ortho nitro benzene ring substituents is 1. The van der Waals surface area contributed by atoms with Crippen LogP contribution in [0.4, 0.5) is 11.4 Å². The van der Waals surface area contributed by atoms with E-state index in [-0.39, 0.29) is 21.7 Å². The number of nitro benzene ring substituents is 1. The molecule has 9 heteroatoms. The van der Waals surface area contributed by atoms with E-state index in [4.69, 9.17) is 5.84 Å². The fourth-order valence-corrected chi connectivity index (χ4v) is 3.42. The Bertz CT molecular complexity index is 637. The average molecular weight is 316 g/mol. The van der Waals surface area contributed by atoms with E-state index in [0.29, 0.717) is 6.54 Å². The number of sulfonamides is 1. The molecule has 0 heterocycles. The van der Waals surface area contributed by atoms with Crippen LogP contribution in [0.3, 0.4) is 0 Å². The van der Waals surface area contributed by atoms with Crippen LogP contribution in [0, 0.1) is 15.5 Å². The van der Waals surface area contributed by atoms with Crippen LogP contribution in [0.15, 0.2) is 23.1 Å².